The molecular weight excluding hydrogens is 236 g/mol. The van der Waals surface area contributed by atoms with Gasteiger partial charge in [0.15, 0.2) is 0 Å². The van der Waals surface area contributed by atoms with Gasteiger partial charge in [0.05, 0.1) is 0 Å². The van der Waals surface area contributed by atoms with Crippen LogP contribution in [0.4, 0.5) is 8.78 Å². The minimum atomic E-state index is -2.78. The van der Waals surface area contributed by atoms with Gasteiger partial charge in [0.2, 0.25) is 0 Å². The van der Waals surface area contributed by atoms with Crippen LogP contribution in [0.25, 0.3) is 0 Å². The molecule has 2 nitrogen and oxygen atoms in total. The van der Waals surface area contributed by atoms with Crippen molar-refractivity contribution in [1.29, 1.82) is 0 Å². The van der Waals surface area contributed by atoms with E-state index in [1.807, 2.05) is 6.07 Å². The summed E-state index contributed by atoms with van der Waals surface area (Å²) in [7, 11) is 0. The van der Waals surface area contributed by atoms with Gasteiger partial charge >= 0.3 is 6.61 Å². The van der Waals surface area contributed by atoms with Crippen LogP contribution in [-0.2, 0) is 5.54 Å². The highest BCUT2D eigenvalue weighted by Crippen LogP contribution is 2.39. The number of hydrogen-bond acceptors (Lipinski definition) is 2. The van der Waals surface area contributed by atoms with E-state index in [4.69, 9.17) is 5.73 Å². The molecule has 0 aliphatic heterocycles. The van der Waals surface area contributed by atoms with Crippen LogP contribution in [0.1, 0.15) is 24.8 Å². The maximum Gasteiger partial charge on any atom is 0.387 e. The number of halogens is 3. The normalized spacial score (nSPS) is 17.5. The fourth-order valence-corrected chi connectivity index (χ4v) is 1.83. The van der Waals surface area contributed by atoms with Crippen LogP contribution in [0.3, 0.4) is 0 Å². The predicted molar refractivity (Wildman–Crippen MR) is 60.0 cm³/mol. The van der Waals surface area contributed by atoms with Gasteiger partial charge in [0.1, 0.15) is 5.75 Å². The molecule has 0 heterocycles. The Kier molecular flexibility index (Phi) is 4.10. The molecule has 0 bridgehead atoms. The molecule has 2 N–H and O–H groups in total. The van der Waals surface area contributed by atoms with E-state index < -0.39 is 6.61 Å². The van der Waals surface area contributed by atoms with Gasteiger partial charge in [-0.25, -0.2) is 0 Å². The molecule has 0 atom stereocenters. The maximum atomic E-state index is 12.0. The Hall–Kier alpha value is -0.870. The van der Waals surface area contributed by atoms with Crippen molar-refractivity contribution >= 4 is 12.4 Å². The number of rotatable bonds is 3. The summed E-state index contributed by atoms with van der Waals surface area (Å²) in [6.07, 6.45) is 2.91. The molecule has 1 aromatic rings. The Morgan fingerprint density at radius 1 is 1.31 bits per heavy atom. The first kappa shape index (κ1) is 13.2. The number of nitrogens with two attached hydrogens (primary N) is 1. The Morgan fingerprint density at radius 3 is 2.50 bits per heavy atom. The van der Waals surface area contributed by atoms with Crippen LogP contribution in [0.15, 0.2) is 24.3 Å². The topological polar surface area (TPSA) is 35.2 Å². The van der Waals surface area contributed by atoms with Crippen LogP contribution in [-0.4, -0.2) is 6.61 Å². The first-order chi connectivity index (χ1) is 7.10. The Bertz CT molecular complexity index is 356. The first-order valence-electron chi connectivity index (χ1n) is 4.94. The van der Waals surface area contributed by atoms with Crippen molar-refractivity contribution in [2.45, 2.75) is 31.4 Å². The Morgan fingerprint density at radius 2 is 2.00 bits per heavy atom. The first-order valence-corrected chi connectivity index (χ1v) is 4.94. The van der Waals surface area contributed by atoms with Gasteiger partial charge < -0.3 is 10.5 Å². The second-order valence-electron chi connectivity index (χ2n) is 3.92. The molecule has 2 rings (SSSR count). The van der Waals surface area contributed by atoms with Gasteiger partial charge in [0, 0.05) is 5.54 Å². The van der Waals surface area contributed by atoms with Crippen molar-refractivity contribution in [2.75, 3.05) is 0 Å². The van der Waals surface area contributed by atoms with Gasteiger partial charge in [-0.15, -0.1) is 12.4 Å². The Balaban J connectivity index is 0.00000128. The zero-order chi connectivity index (χ0) is 10.9. The fourth-order valence-electron chi connectivity index (χ4n) is 1.83. The Labute approximate surface area is 99.2 Å². The average Bonchev–Trinajstić information content (AvgIpc) is 2.13. The van der Waals surface area contributed by atoms with Gasteiger partial charge in [0.25, 0.3) is 0 Å². The maximum absolute atomic E-state index is 12.0. The van der Waals surface area contributed by atoms with Gasteiger partial charge in [-0.05, 0) is 37.0 Å². The number of benzene rings is 1. The van der Waals surface area contributed by atoms with Gasteiger partial charge in [-0.1, -0.05) is 12.1 Å². The molecule has 5 heteroatoms. The van der Waals surface area contributed by atoms with E-state index in [2.05, 4.69) is 4.74 Å². The van der Waals surface area contributed by atoms with Crippen molar-refractivity contribution < 1.29 is 13.5 Å². The SMILES string of the molecule is Cl.NC1(c2cccc(OC(F)F)c2)CCC1. The zero-order valence-corrected chi connectivity index (χ0v) is 9.47. The summed E-state index contributed by atoms with van der Waals surface area (Å²) in [6.45, 7) is -2.78. The summed E-state index contributed by atoms with van der Waals surface area (Å²) >= 11 is 0. The third kappa shape index (κ3) is 2.62. The van der Waals surface area contributed by atoms with E-state index in [1.165, 1.54) is 6.07 Å². The van der Waals surface area contributed by atoms with Crippen LogP contribution in [0.2, 0.25) is 0 Å². The van der Waals surface area contributed by atoms with Crippen LogP contribution in [0, 0.1) is 0 Å². The second-order valence-corrected chi connectivity index (χ2v) is 3.92. The van der Waals surface area contributed by atoms with E-state index >= 15 is 0 Å². The molecule has 0 amide bonds. The van der Waals surface area contributed by atoms with Crippen molar-refractivity contribution in [2.24, 2.45) is 5.73 Å². The fraction of sp³-hybridized carbons (Fsp3) is 0.455. The molecule has 90 valence electrons. The smallest absolute Gasteiger partial charge is 0.387 e. The molecule has 1 aliphatic rings. The van der Waals surface area contributed by atoms with E-state index in [0.29, 0.717) is 0 Å². The lowest BCUT2D eigenvalue weighted by atomic mass is 9.73. The summed E-state index contributed by atoms with van der Waals surface area (Å²) in [5.41, 5.74) is 6.63. The minimum Gasteiger partial charge on any atom is -0.435 e. The van der Waals surface area contributed by atoms with Crippen LogP contribution in [0.5, 0.6) is 5.75 Å². The third-order valence-electron chi connectivity index (χ3n) is 2.88. The van der Waals surface area contributed by atoms with Crippen molar-refractivity contribution in [3.05, 3.63) is 29.8 Å². The molecule has 1 saturated carbocycles. The lowest BCUT2D eigenvalue weighted by Crippen LogP contribution is -2.43. The molecule has 0 aromatic heterocycles. The van der Waals surface area contributed by atoms with E-state index in [9.17, 15) is 8.78 Å². The van der Waals surface area contributed by atoms with E-state index in [1.54, 1.807) is 12.1 Å². The molecule has 0 radical (unpaired) electrons. The minimum absolute atomic E-state index is 0. The summed E-state index contributed by atoms with van der Waals surface area (Å²) in [4.78, 5) is 0. The van der Waals surface area contributed by atoms with E-state index in [-0.39, 0.29) is 23.7 Å². The molecule has 0 saturated heterocycles. The van der Waals surface area contributed by atoms with Crippen molar-refractivity contribution in [3.8, 4) is 5.75 Å². The molecule has 16 heavy (non-hydrogen) atoms. The number of hydrogen-bond donors (Lipinski definition) is 1. The van der Waals surface area contributed by atoms with Crippen LogP contribution >= 0.6 is 12.4 Å². The molecule has 1 aromatic carbocycles. The molecule has 1 aliphatic carbocycles. The predicted octanol–water partition coefficient (Wildman–Crippen LogP) is 3.05. The molecular formula is C11H14ClF2NO. The number of ether oxygens (including phenoxy) is 1. The number of alkyl halides is 2. The summed E-state index contributed by atoms with van der Waals surface area (Å²) in [6, 6.07) is 6.67. The highest BCUT2D eigenvalue weighted by molar-refractivity contribution is 5.85. The van der Waals surface area contributed by atoms with Gasteiger partial charge in [-0.3, -0.25) is 0 Å². The summed E-state index contributed by atoms with van der Waals surface area (Å²) in [5.74, 6) is 0.180. The third-order valence-corrected chi connectivity index (χ3v) is 2.88. The van der Waals surface area contributed by atoms with Crippen molar-refractivity contribution in [1.82, 2.24) is 0 Å². The average molecular weight is 250 g/mol. The van der Waals surface area contributed by atoms with Crippen LogP contribution < -0.4 is 10.5 Å². The van der Waals surface area contributed by atoms with Crippen molar-refractivity contribution in [3.63, 3.8) is 0 Å². The lowest BCUT2D eigenvalue weighted by Gasteiger charge is -2.38. The molecule has 1 fully saturated rings. The summed E-state index contributed by atoms with van der Waals surface area (Å²) in [5, 5.41) is 0. The highest BCUT2D eigenvalue weighted by atomic mass is 35.5. The second kappa shape index (κ2) is 4.97. The highest BCUT2D eigenvalue weighted by Gasteiger charge is 2.34. The monoisotopic (exact) mass is 249 g/mol. The molecule has 0 spiro atoms. The van der Waals surface area contributed by atoms with E-state index in [0.717, 1.165) is 24.8 Å². The zero-order valence-electron chi connectivity index (χ0n) is 8.66. The largest absolute Gasteiger partial charge is 0.435 e. The van der Waals surface area contributed by atoms with Gasteiger partial charge in [-0.2, -0.15) is 8.78 Å². The standard InChI is InChI=1S/C11H13F2NO.ClH/c12-10(13)15-9-4-1-3-8(7-9)11(14)5-2-6-11;/h1,3-4,7,10H,2,5-6,14H2;1H. The molecule has 0 unspecified atom stereocenters. The quantitative estimate of drug-likeness (QED) is 0.894. The lowest BCUT2D eigenvalue weighted by molar-refractivity contribution is -0.0499. The summed E-state index contributed by atoms with van der Waals surface area (Å²) < 4.78 is 28.3.